The fourth-order valence-corrected chi connectivity index (χ4v) is 4.24. The minimum absolute atomic E-state index is 0.491. The summed E-state index contributed by atoms with van der Waals surface area (Å²) in [7, 11) is 0. The molecule has 2 unspecified atom stereocenters. The van der Waals surface area contributed by atoms with E-state index >= 15 is 0 Å². The molecule has 0 radical (unpaired) electrons. The van der Waals surface area contributed by atoms with E-state index in [1.807, 2.05) is 12.3 Å². The smallest absolute Gasteiger partial charge is 0.0734 e. The van der Waals surface area contributed by atoms with Crippen LogP contribution in [0.5, 0.6) is 0 Å². The van der Waals surface area contributed by atoms with E-state index in [0.717, 1.165) is 30.2 Å². The molecule has 2 saturated heterocycles. The van der Waals surface area contributed by atoms with Gasteiger partial charge in [-0.2, -0.15) is 0 Å². The Hall–Kier alpha value is -1.45. The molecule has 4 rings (SSSR count). The van der Waals surface area contributed by atoms with Crippen molar-refractivity contribution in [1.29, 1.82) is 0 Å². The van der Waals surface area contributed by atoms with Gasteiger partial charge in [0.2, 0.25) is 0 Å². The van der Waals surface area contributed by atoms with Crippen molar-refractivity contribution in [2.75, 3.05) is 0 Å². The third kappa shape index (κ3) is 2.56. The quantitative estimate of drug-likeness (QED) is 0.890. The van der Waals surface area contributed by atoms with E-state index < -0.39 is 5.60 Å². The minimum atomic E-state index is -0.577. The summed E-state index contributed by atoms with van der Waals surface area (Å²) in [6, 6.07) is 11.3. The second kappa shape index (κ2) is 5.08. The Kier molecular flexibility index (Phi) is 3.20. The van der Waals surface area contributed by atoms with Gasteiger partial charge in [-0.25, -0.2) is 0 Å². The molecule has 3 heteroatoms. The van der Waals surface area contributed by atoms with E-state index in [9.17, 15) is 5.11 Å². The van der Waals surface area contributed by atoms with Crippen LogP contribution in [-0.4, -0.2) is 27.8 Å². The number of aromatic nitrogens is 1. The van der Waals surface area contributed by atoms with Crippen LogP contribution in [0.25, 0.3) is 10.9 Å². The molecule has 21 heavy (non-hydrogen) atoms. The van der Waals surface area contributed by atoms with E-state index in [1.165, 1.54) is 24.8 Å². The van der Waals surface area contributed by atoms with Crippen LogP contribution in [0.4, 0.5) is 0 Å². The summed E-state index contributed by atoms with van der Waals surface area (Å²) in [5.74, 6) is 0. The van der Waals surface area contributed by atoms with Crippen molar-refractivity contribution in [3.05, 3.63) is 42.1 Å². The van der Waals surface area contributed by atoms with Gasteiger partial charge in [-0.05, 0) is 37.3 Å². The van der Waals surface area contributed by atoms with Gasteiger partial charge in [0.25, 0.3) is 0 Å². The van der Waals surface area contributed by atoms with Crippen molar-refractivity contribution in [3.63, 3.8) is 0 Å². The van der Waals surface area contributed by atoms with Crippen LogP contribution in [0.15, 0.2) is 36.5 Å². The normalized spacial score (nSPS) is 32.2. The molecule has 0 amide bonds. The third-order valence-corrected chi connectivity index (χ3v) is 5.07. The zero-order valence-electron chi connectivity index (χ0n) is 12.3. The zero-order valence-corrected chi connectivity index (χ0v) is 12.3. The van der Waals surface area contributed by atoms with E-state index in [0.29, 0.717) is 12.1 Å². The van der Waals surface area contributed by atoms with Gasteiger partial charge >= 0.3 is 0 Å². The molecule has 2 N–H and O–H groups in total. The second-order valence-corrected chi connectivity index (χ2v) is 6.79. The molecule has 2 bridgehead atoms. The standard InChI is InChI=1S/C18H22N2O/c21-18(11-15-7-2-8-16(12-18)20-15)10-14-5-1-4-13-6-3-9-19-17(13)14/h1,3-6,9,15-16,20-21H,2,7-8,10-12H2. The molecule has 2 aliphatic rings. The molecule has 2 fully saturated rings. The molecular formula is C18H22N2O. The highest BCUT2D eigenvalue weighted by Crippen LogP contribution is 2.35. The lowest BCUT2D eigenvalue weighted by molar-refractivity contribution is -0.0300. The Labute approximate surface area is 125 Å². The van der Waals surface area contributed by atoms with Gasteiger partial charge in [0.15, 0.2) is 0 Å². The van der Waals surface area contributed by atoms with Gasteiger partial charge in [0, 0.05) is 30.1 Å². The molecular weight excluding hydrogens is 260 g/mol. The number of pyridine rings is 1. The largest absolute Gasteiger partial charge is 0.389 e. The van der Waals surface area contributed by atoms with Crippen LogP contribution in [0, 0.1) is 0 Å². The first-order valence-corrected chi connectivity index (χ1v) is 8.03. The Bertz CT molecular complexity index is 637. The Morgan fingerprint density at radius 2 is 1.90 bits per heavy atom. The number of hydrogen-bond acceptors (Lipinski definition) is 3. The zero-order chi connectivity index (χ0) is 14.3. The maximum Gasteiger partial charge on any atom is 0.0734 e. The molecule has 3 heterocycles. The topological polar surface area (TPSA) is 45.2 Å². The summed E-state index contributed by atoms with van der Waals surface area (Å²) in [5.41, 5.74) is 1.64. The maximum atomic E-state index is 11.1. The summed E-state index contributed by atoms with van der Waals surface area (Å²) in [4.78, 5) is 4.52. The van der Waals surface area contributed by atoms with Gasteiger partial charge in [0.1, 0.15) is 0 Å². The minimum Gasteiger partial charge on any atom is -0.389 e. The number of fused-ring (bicyclic) bond motifs is 3. The van der Waals surface area contributed by atoms with Crippen LogP contribution in [0.1, 0.15) is 37.7 Å². The number of benzene rings is 1. The first-order chi connectivity index (χ1) is 10.2. The van der Waals surface area contributed by atoms with E-state index in [2.05, 4.69) is 34.6 Å². The highest BCUT2D eigenvalue weighted by molar-refractivity contribution is 5.81. The van der Waals surface area contributed by atoms with Crippen molar-refractivity contribution >= 4 is 10.9 Å². The summed E-state index contributed by atoms with van der Waals surface area (Å²) < 4.78 is 0. The predicted molar refractivity (Wildman–Crippen MR) is 84.2 cm³/mol. The lowest BCUT2D eigenvalue weighted by Gasteiger charge is -2.45. The van der Waals surface area contributed by atoms with Crippen molar-refractivity contribution < 1.29 is 5.11 Å². The maximum absolute atomic E-state index is 11.1. The molecule has 2 aliphatic heterocycles. The van der Waals surface area contributed by atoms with Gasteiger partial charge in [-0.1, -0.05) is 30.7 Å². The number of para-hydroxylation sites is 1. The molecule has 1 aromatic carbocycles. The molecule has 1 aromatic heterocycles. The summed E-state index contributed by atoms with van der Waals surface area (Å²) in [6.07, 6.45) is 8.00. The monoisotopic (exact) mass is 282 g/mol. The van der Waals surface area contributed by atoms with Crippen LogP contribution < -0.4 is 5.32 Å². The average Bonchev–Trinajstić information content (AvgIpc) is 2.47. The molecule has 0 spiro atoms. The second-order valence-electron chi connectivity index (χ2n) is 6.79. The molecule has 2 atom stereocenters. The highest BCUT2D eigenvalue weighted by atomic mass is 16.3. The van der Waals surface area contributed by atoms with Crippen molar-refractivity contribution in [2.24, 2.45) is 0 Å². The lowest BCUT2D eigenvalue weighted by Crippen LogP contribution is -2.56. The fourth-order valence-electron chi connectivity index (χ4n) is 4.24. The Morgan fingerprint density at radius 1 is 1.14 bits per heavy atom. The van der Waals surface area contributed by atoms with Crippen LogP contribution in [-0.2, 0) is 6.42 Å². The Morgan fingerprint density at radius 3 is 2.71 bits per heavy atom. The first-order valence-electron chi connectivity index (χ1n) is 8.03. The highest BCUT2D eigenvalue weighted by Gasteiger charge is 2.40. The van der Waals surface area contributed by atoms with Crippen molar-refractivity contribution in [2.45, 2.75) is 56.2 Å². The van der Waals surface area contributed by atoms with E-state index in [-0.39, 0.29) is 0 Å². The average molecular weight is 282 g/mol. The molecule has 3 nitrogen and oxygen atoms in total. The van der Waals surface area contributed by atoms with Gasteiger partial charge in [0.05, 0.1) is 11.1 Å². The number of aliphatic hydroxyl groups is 1. The molecule has 0 saturated carbocycles. The van der Waals surface area contributed by atoms with Crippen LogP contribution >= 0.6 is 0 Å². The van der Waals surface area contributed by atoms with Crippen LogP contribution in [0.2, 0.25) is 0 Å². The summed E-state index contributed by atoms with van der Waals surface area (Å²) >= 11 is 0. The number of hydrogen-bond donors (Lipinski definition) is 2. The molecule has 0 aliphatic carbocycles. The van der Waals surface area contributed by atoms with Crippen LogP contribution in [0.3, 0.4) is 0 Å². The summed E-state index contributed by atoms with van der Waals surface area (Å²) in [5, 5.41) is 15.9. The number of piperidine rings is 2. The van der Waals surface area contributed by atoms with E-state index in [4.69, 9.17) is 0 Å². The van der Waals surface area contributed by atoms with Gasteiger partial charge in [-0.15, -0.1) is 0 Å². The van der Waals surface area contributed by atoms with E-state index in [1.54, 1.807) is 0 Å². The predicted octanol–water partition coefficient (Wildman–Crippen LogP) is 2.81. The fraction of sp³-hybridized carbons (Fsp3) is 0.500. The van der Waals surface area contributed by atoms with Crippen molar-refractivity contribution in [3.8, 4) is 0 Å². The molecule has 110 valence electrons. The molecule has 2 aromatic rings. The third-order valence-electron chi connectivity index (χ3n) is 5.07. The number of nitrogens with one attached hydrogen (secondary N) is 1. The summed E-state index contributed by atoms with van der Waals surface area (Å²) in [6.45, 7) is 0. The van der Waals surface area contributed by atoms with Crippen molar-refractivity contribution in [1.82, 2.24) is 10.3 Å². The first kappa shape index (κ1) is 13.2. The lowest BCUT2D eigenvalue weighted by atomic mass is 9.74. The van der Waals surface area contributed by atoms with Gasteiger partial charge in [-0.3, -0.25) is 4.98 Å². The number of nitrogens with zero attached hydrogens (tertiary/aromatic N) is 1. The SMILES string of the molecule is OC1(Cc2cccc3cccnc23)CC2CCCC(C1)N2. The number of rotatable bonds is 2. The Balaban J connectivity index is 1.65. The van der Waals surface area contributed by atoms with Gasteiger partial charge < -0.3 is 10.4 Å².